The summed E-state index contributed by atoms with van der Waals surface area (Å²) >= 11 is 0. The van der Waals surface area contributed by atoms with Crippen molar-refractivity contribution in [2.45, 2.75) is 24.9 Å². The molecule has 0 bridgehead atoms. The molecule has 0 atom stereocenters. The lowest BCUT2D eigenvalue weighted by molar-refractivity contribution is -0.385. The van der Waals surface area contributed by atoms with Crippen molar-refractivity contribution in [3.05, 3.63) is 69.5 Å². The van der Waals surface area contributed by atoms with E-state index < -0.39 is 33.7 Å². The van der Waals surface area contributed by atoms with Crippen LogP contribution in [0.5, 0.6) is 5.75 Å². The molecule has 3 rings (SSSR count). The zero-order chi connectivity index (χ0) is 16.6. The highest BCUT2D eigenvalue weighted by molar-refractivity contribution is 5.39. The third-order valence-electron chi connectivity index (χ3n) is 4.01. The summed E-state index contributed by atoms with van der Waals surface area (Å²) in [4.78, 5) is 9.91. The first-order chi connectivity index (χ1) is 10.9. The summed E-state index contributed by atoms with van der Waals surface area (Å²) in [5, 5.41) is 10.6. The maximum atomic E-state index is 14.0. The van der Waals surface area contributed by atoms with Gasteiger partial charge in [-0.3, -0.25) is 10.1 Å². The number of nitrogens with zero attached hydrogens (tertiary/aromatic N) is 1. The molecule has 0 N–H and O–H groups in total. The van der Waals surface area contributed by atoms with Gasteiger partial charge >= 0.3 is 0 Å². The van der Waals surface area contributed by atoms with Crippen LogP contribution in [0, 0.1) is 27.6 Å². The summed E-state index contributed by atoms with van der Waals surface area (Å²) < 4.78 is 46.7. The number of non-ortho nitro benzene ring substituents is 1. The van der Waals surface area contributed by atoms with Crippen LogP contribution in [0.1, 0.15) is 24.8 Å². The minimum absolute atomic E-state index is 0.155. The van der Waals surface area contributed by atoms with Crippen molar-refractivity contribution in [2.75, 3.05) is 0 Å². The van der Waals surface area contributed by atoms with E-state index in [0.29, 0.717) is 12.8 Å². The van der Waals surface area contributed by atoms with E-state index in [1.54, 1.807) is 0 Å². The first-order valence-electron chi connectivity index (χ1n) is 7.00. The summed E-state index contributed by atoms with van der Waals surface area (Å²) in [6, 6.07) is 6.18. The molecule has 0 amide bonds. The Labute approximate surface area is 129 Å². The monoisotopic (exact) mass is 323 g/mol. The second-order valence-corrected chi connectivity index (χ2v) is 5.45. The largest absolute Gasteiger partial charge is 0.479 e. The van der Waals surface area contributed by atoms with Crippen LogP contribution in [0.2, 0.25) is 0 Å². The molecule has 0 heterocycles. The van der Waals surface area contributed by atoms with Crippen molar-refractivity contribution < 1.29 is 22.8 Å². The molecule has 0 spiro atoms. The summed E-state index contributed by atoms with van der Waals surface area (Å²) in [5.74, 6) is -2.55. The molecule has 0 aliphatic heterocycles. The Morgan fingerprint density at radius 1 is 1.04 bits per heavy atom. The van der Waals surface area contributed by atoms with E-state index in [0.717, 1.165) is 36.8 Å². The Kier molecular flexibility index (Phi) is 3.71. The Morgan fingerprint density at radius 2 is 1.78 bits per heavy atom. The molecule has 4 nitrogen and oxygen atoms in total. The Balaban J connectivity index is 1.95. The lowest BCUT2D eigenvalue weighted by Crippen LogP contribution is -2.41. The first kappa shape index (κ1) is 15.3. The molecule has 2 aromatic carbocycles. The Bertz CT molecular complexity index is 775. The van der Waals surface area contributed by atoms with Crippen LogP contribution in [0.3, 0.4) is 0 Å². The van der Waals surface area contributed by atoms with E-state index in [-0.39, 0.29) is 11.3 Å². The fourth-order valence-electron chi connectivity index (χ4n) is 2.68. The minimum atomic E-state index is -1.07. The van der Waals surface area contributed by atoms with Crippen molar-refractivity contribution in [1.29, 1.82) is 0 Å². The van der Waals surface area contributed by atoms with Gasteiger partial charge in [-0.05, 0) is 37.5 Å². The molecule has 1 saturated carbocycles. The van der Waals surface area contributed by atoms with Crippen LogP contribution in [-0.4, -0.2) is 4.92 Å². The fraction of sp³-hybridized carbons (Fsp3) is 0.250. The number of nitro groups is 1. The van der Waals surface area contributed by atoms with Crippen LogP contribution in [0.25, 0.3) is 0 Å². The lowest BCUT2D eigenvalue weighted by atomic mass is 9.74. The van der Waals surface area contributed by atoms with E-state index in [1.807, 2.05) is 0 Å². The van der Waals surface area contributed by atoms with Gasteiger partial charge in [0.15, 0.2) is 11.6 Å². The minimum Gasteiger partial charge on any atom is -0.479 e. The quantitative estimate of drug-likeness (QED) is 0.616. The first-order valence-corrected chi connectivity index (χ1v) is 7.00. The molecule has 1 aliphatic carbocycles. The van der Waals surface area contributed by atoms with Gasteiger partial charge in [-0.1, -0.05) is 0 Å². The normalized spacial score (nSPS) is 15.8. The van der Waals surface area contributed by atoms with Crippen LogP contribution in [0.4, 0.5) is 18.9 Å². The molecule has 0 saturated heterocycles. The predicted molar refractivity (Wildman–Crippen MR) is 75.6 cm³/mol. The van der Waals surface area contributed by atoms with Crippen LogP contribution >= 0.6 is 0 Å². The second kappa shape index (κ2) is 5.57. The smallest absolute Gasteiger partial charge is 0.272 e. The predicted octanol–water partition coefficient (Wildman–Crippen LogP) is 4.47. The van der Waals surface area contributed by atoms with Crippen molar-refractivity contribution >= 4 is 5.69 Å². The molecular weight excluding hydrogens is 311 g/mol. The zero-order valence-corrected chi connectivity index (χ0v) is 11.9. The average Bonchev–Trinajstić information content (AvgIpc) is 2.45. The molecule has 0 unspecified atom stereocenters. The van der Waals surface area contributed by atoms with E-state index in [9.17, 15) is 23.3 Å². The summed E-state index contributed by atoms with van der Waals surface area (Å²) in [5.41, 5.74) is -1.32. The van der Waals surface area contributed by atoms with Gasteiger partial charge in [-0.25, -0.2) is 13.2 Å². The van der Waals surface area contributed by atoms with Gasteiger partial charge < -0.3 is 4.74 Å². The van der Waals surface area contributed by atoms with Crippen molar-refractivity contribution in [1.82, 2.24) is 0 Å². The number of rotatable bonds is 4. The third kappa shape index (κ3) is 2.74. The highest BCUT2D eigenvalue weighted by Gasteiger charge is 2.43. The molecule has 0 aromatic heterocycles. The van der Waals surface area contributed by atoms with Crippen molar-refractivity contribution in [3.63, 3.8) is 0 Å². The SMILES string of the molecule is O=[N+]([O-])c1ccc(OC2(c3ccc(F)cc3F)CCC2)c(F)c1. The molecule has 120 valence electrons. The molecular formula is C16H12F3NO3. The van der Waals surface area contributed by atoms with Gasteiger partial charge in [0.1, 0.15) is 17.2 Å². The number of hydrogen-bond donors (Lipinski definition) is 0. The summed E-state index contributed by atoms with van der Waals surface area (Å²) in [6.45, 7) is 0. The maximum absolute atomic E-state index is 14.0. The molecule has 7 heteroatoms. The lowest BCUT2D eigenvalue weighted by Gasteiger charge is -2.42. The molecule has 2 aromatic rings. The van der Waals surface area contributed by atoms with Gasteiger partial charge in [0.25, 0.3) is 5.69 Å². The van der Waals surface area contributed by atoms with Crippen LogP contribution < -0.4 is 4.74 Å². The van der Waals surface area contributed by atoms with E-state index in [1.165, 1.54) is 6.07 Å². The average molecular weight is 323 g/mol. The third-order valence-corrected chi connectivity index (χ3v) is 4.01. The number of halogens is 3. The van der Waals surface area contributed by atoms with Gasteiger partial charge in [0.05, 0.1) is 11.0 Å². The standard InChI is InChI=1S/C16H12F3NO3/c17-10-2-4-12(13(18)8-10)16(6-1-7-16)23-15-5-3-11(20(21)22)9-14(15)19/h2-5,8-9H,1,6-7H2. The van der Waals surface area contributed by atoms with Crippen LogP contribution in [-0.2, 0) is 5.60 Å². The second-order valence-electron chi connectivity index (χ2n) is 5.45. The van der Waals surface area contributed by atoms with E-state index in [4.69, 9.17) is 4.74 Å². The van der Waals surface area contributed by atoms with Gasteiger partial charge in [0.2, 0.25) is 0 Å². The summed E-state index contributed by atoms with van der Waals surface area (Å²) in [7, 11) is 0. The number of nitro benzene ring substituents is 1. The number of ether oxygens (including phenoxy) is 1. The Hall–Kier alpha value is -2.57. The summed E-state index contributed by atoms with van der Waals surface area (Å²) in [6.07, 6.45) is 1.66. The molecule has 1 aliphatic rings. The molecule has 23 heavy (non-hydrogen) atoms. The maximum Gasteiger partial charge on any atom is 0.272 e. The van der Waals surface area contributed by atoms with Crippen LogP contribution in [0.15, 0.2) is 36.4 Å². The van der Waals surface area contributed by atoms with Crippen molar-refractivity contribution in [2.24, 2.45) is 0 Å². The highest BCUT2D eigenvalue weighted by atomic mass is 19.1. The fourth-order valence-corrected chi connectivity index (χ4v) is 2.68. The number of hydrogen-bond acceptors (Lipinski definition) is 3. The highest BCUT2D eigenvalue weighted by Crippen LogP contribution is 2.46. The molecule has 1 fully saturated rings. The van der Waals surface area contributed by atoms with Gasteiger partial charge in [-0.2, -0.15) is 0 Å². The van der Waals surface area contributed by atoms with Crippen molar-refractivity contribution in [3.8, 4) is 5.75 Å². The zero-order valence-electron chi connectivity index (χ0n) is 11.9. The van der Waals surface area contributed by atoms with E-state index in [2.05, 4.69) is 0 Å². The number of benzene rings is 2. The topological polar surface area (TPSA) is 52.4 Å². The Morgan fingerprint density at radius 3 is 2.30 bits per heavy atom. The van der Waals surface area contributed by atoms with Gasteiger partial charge in [-0.15, -0.1) is 0 Å². The van der Waals surface area contributed by atoms with Gasteiger partial charge in [0, 0.05) is 17.7 Å². The van der Waals surface area contributed by atoms with E-state index >= 15 is 0 Å². The molecule has 0 radical (unpaired) electrons.